The number of halogens is 1. The molecule has 0 saturated carbocycles. The molecule has 3 aromatic rings. The average Bonchev–Trinajstić information content (AvgIpc) is 2.84. The molecule has 0 aliphatic heterocycles. The van der Waals surface area contributed by atoms with Crippen LogP contribution in [0.5, 0.6) is 0 Å². The van der Waals surface area contributed by atoms with Gasteiger partial charge in [-0.1, -0.05) is 12.1 Å². The quantitative estimate of drug-likeness (QED) is 0.707. The fraction of sp³-hybridized carbons (Fsp3) is 0.176. The van der Waals surface area contributed by atoms with E-state index in [2.05, 4.69) is 42.3 Å². The summed E-state index contributed by atoms with van der Waals surface area (Å²) in [4.78, 5) is 3.13. The molecule has 3 rings (SSSR count). The van der Waals surface area contributed by atoms with Crippen LogP contribution >= 0.6 is 0 Å². The highest BCUT2D eigenvalue weighted by atomic mass is 19.1. The van der Waals surface area contributed by atoms with E-state index < -0.39 is 0 Å². The first-order chi connectivity index (χ1) is 9.69. The van der Waals surface area contributed by atoms with E-state index in [0.717, 1.165) is 34.3 Å². The van der Waals surface area contributed by atoms with Crippen LogP contribution in [0, 0.1) is 12.7 Å². The van der Waals surface area contributed by atoms with Gasteiger partial charge >= 0.3 is 0 Å². The standard InChI is InChI=1S/C17H17FN2/c1-3-19-16-8-12(5-4-11(16)2)15-10-20-17-9-13(18)6-7-14(15)17/h4-10,19-20H,3H2,1-2H3. The highest BCUT2D eigenvalue weighted by molar-refractivity contribution is 5.96. The lowest BCUT2D eigenvalue weighted by Crippen LogP contribution is -1.98. The summed E-state index contributed by atoms with van der Waals surface area (Å²) in [5, 5.41) is 4.40. The Labute approximate surface area is 117 Å². The van der Waals surface area contributed by atoms with Crippen LogP contribution < -0.4 is 5.32 Å². The van der Waals surface area contributed by atoms with Crippen molar-refractivity contribution in [1.82, 2.24) is 4.98 Å². The zero-order chi connectivity index (χ0) is 14.1. The molecular weight excluding hydrogens is 251 g/mol. The van der Waals surface area contributed by atoms with Crippen LogP contribution in [0.2, 0.25) is 0 Å². The molecule has 0 aliphatic rings. The summed E-state index contributed by atoms with van der Waals surface area (Å²) in [5.41, 5.74) is 5.41. The summed E-state index contributed by atoms with van der Waals surface area (Å²) < 4.78 is 13.2. The van der Waals surface area contributed by atoms with Crippen molar-refractivity contribution in [3.05, 3.63) is 54.0 Å². The van der Waals surface area contributed by atoms with Crippen molar-refractivity contribution in [3.8, 4) is 11.1 Å². The molecule has 2 aromatic carbocycles. The van der Waals surface area contributed by atoms with Gasteiger partial charge in [0.1, 0.15) is 5.82 Å². The Bertz CT molecular complexity index is 759. The van der Waals surface area contributed by atoms with Gasteiger partial charge in [0.2, 0.25) is 0 Å². The predicted molar refractivity (Wildman–Crippen MR) is 82.6 cm³/mol. The molecule has 0 atom stereocenters. The van der Waals surface area contributed by atoms with Crippen LogP contribution in [0.3, 0.4) is 0 Å². The van der Waals surface area contributed by atoms with E-state index >= 15 is 0 Å². The normalized spacial score (nSPS) is 10.9. The Balaban J connectivity index is 2.13. The molecule has 2 nitrogen and oxygen atoms in total. The summed E-state index contributed by atoms with van der Waals surface area (Å²) >= 11 is 0. The molecule has 0 radical (unpaired) electrons. The van der Waals surface area contributed by atoms with Gasteiger partial charge in [-0.25, -0.2) is 4.39 Å². The Morgan fingerprint density at radius 3 is 2.80 bits per heavy atom. The number of H-pyrrole nitrogens is 1. The monoisotopic (exact) mass is 268 g/mol. The second-order valence-corrected chi connectivity index (χ2v) is 4.95. The van der Waals surface area contributed by atoms with Gasteiger partial charge in [0, 0.05) is 34.9 Å². The lowest BCUT2D eigenvalue weighted by atomic mass is 10.0. The summed E-state index contributed by atoms with van der Waals surface area (Å²) in [6, 6.07) is 11.2. The van der Waals surface area contributed by atoms with Crippen molar-refractivity contribution in [1.29, 1.82) is 0 Å². The van der Waals surface area contributed by atoms with Crippen LogP contribution in [0.15, 0.2) is 42.6 Å². The molecule has 1 heterocycles. The number of nitrogens with one attached hydrogen (secondary N) is 2. The van der Waals surface area contributed by atoms with Crippen LogP contribution in [0.4, 0.5) is 10.1 Å². The van der Waals surface area contributed by atoms with Crippen LogP contribution in [0.1, 0.15) is 12.5 Å². The highest BCUT2D eigenvalue weighted by Gasteiger charge is 2.08. The van der Waals surface area contributed by atoms with Gasteiger partial charge < -0.3 is 10.3 Å². The van der Waals surface area contributed by atoms with E-state index in [0.29, 0.717) is 0 Å². The molecule has 1 aromatic heterocycles. The molecule has 0 spiro atoms. The summed E-state index contributed by atoms with van der Waals surface area (Å²) in [6.07, 6.45) is 1.94. The van der Waals surface area contributed by atoms with E-state index in [4.69, 9.17) is 0 Å². The van der Waals surface area contributed by atoms with Gasteiger partial charge in [-0.05, 0) is 49.2 Å². The zero-order valence-electron chi connectivity index (χ0n) is 11.6. The van der Waals surface area contributed by atoms with Crippen molar-refractivity contribution < 1.29 is 4.39 Å². The van der Waals surface area contributed by atoms with Crippen molar-refractivity contribution in [2.45, 2.75) is 13.8 Å². The van der Waals surface area contributed by atoms with E-state index in [1.54, 1.807) is 0 Å². The summed E-state index contributed by atoms with van der Waals surface area (Å²) in [5.74, 6) is -0.219. The minimum atomic E-state index is -0.219. The molecule has 0 bridgehead atoms. The van der Waals surface area contributed by atoms with Gasteiger partial charge in [-0.2, -0.15) is 0 Å². The zero-order valence-corrected chi connectivity index (χ0v) is 11.6. The molecule has 0 unspecified atom stereocenters. The number of benzene rings is 2. The summed E-state index contributed by atoms with van der Waals surface area (Å²) in [7, 11) is 0. The third-order valence-electron chi connectivity index (χ3n) is 3.56. The van der Waals surface area contributed by atoms with Gasteiger partial charge in [-0.15, -0.1) is 0 Å². The minimum Gasteiger partial charge on any atom is -0.385 e. The number of aryl methyl sites for hydroxylation is 1. The van der Waals surface area contributed by atoms with E-state index in [1.165, 1.54) is 17.7 Å². The fourth-order valence-corrected chi connectivity index (χ4v) is 2.51. The van der Waals surface area contributed by atoms with Crippen molar-refractivity contribution in [2.75, 3.05) is 11.9 Å². The number of rotatable bonds is 3. The Morgan fingerprint density at radius 1 is 1.15 bits per heavy atom. The lowest BCUT2D eigenvalue weighted by molar-refractivity contribution is 0.629. The van der Waals surface area contributed by atoms with Gasteiger partial charge in [-0.3, -0.25) is 0 Å². The number of aromatic nitrogens is 1. The Hall–Kier alpha value is -2.29. The number of hydrogen-bond donors (Lipinski definition) is 2. The largest absolute Gasteiger partial charge is 0.385 e. The van der Waals surface area contributed by atoms with Gasteiger partial charge in [0.05, 0.1) is 0 Å². The third-order valence-corrected chi connectivity index (χ3v) is 3.56. The highest BCUT2D eigenvalue weighted by Crippen LogP contribution is 2.31. The maximum atomic E-state index is 13.2. The molecule has 102 valence electrons. The molecule has 20 heavy (non-hydrogen) atoms. The second-order valence-electron chi connectivity index (χ2n) is 4.95. The first-order valence-electron chi connectivity index (χ1n) is 6.80. The minimum absolute atomic E-state index is 0.219. The smallest absolute Gasteiger partial charge is 0.125 e. The third kappa shape index (κ3) is 2.16. The molecule has 0 saturated heterocycles. The van der Waals surface area contributed by atoms with E-state index in [1.807, 2.05) is 12.3 Å². The van der Waals surface area contributed by atoms with Crippen molar-refractivity contribution in [3.63, 3.8) is 0 Å². The molecule has 0 aliphatic carbocycles. The van der Waals surface area contributed by atoms with E-state index in [-0.39, 0.29) is 5.82 Å². The molecule has 0 amide bonds. The first kappa shape index (κ1) is 12.7. The first-order valence-corrected chi connectivity index (χ1v) is 6.80. The number of aromatic amines is 1. The predicted octanol–water partition coefficient (Wildman–Crippen LogP) is 4.71. The van der Waals surface area contributed by atoms with E-state index in [9.17, 15) is 4.39 Å². The number of fused-ring (bicyclic) bond motifs is 1. The second kappa shape index (κ2) is 5.00. The van der Waals surface area contributed by atoms with Crippen LogP contribution in [-0.2, 0) is 0 Å². The van der Waals surface area contributed by atoms with Gasteiger partial charge in [0.25, 0.3) is 0 Å². The Morgan fingerprint density at radius 2 is 2.00 bits per heavy atom. The van der Waals surface area contributed by atoms with Crippen molar-refractivity contribution >= 4 is 16.6 Å². The van der Waals surface area contributed by atoms with Gasteiger partial charge in [0.15, 0.2) is 0 Å². The number of anilines is 1. The lowest BCUT2D eigenvalue weighted by Gasteiger charge is -2.09. The SMILES string of the molecule is CCNc1cc(-c2c[nH]c3cc(F)ccc23)ccc1C. The fourth-order valence-electron chi connectivity index (χ4n) is 2.51. The van der Waals surface area contributed by atoms with Crippen LogP contribution in [-0.4, -0.2) is 11.5 Å². The molecule has 3 heteroatoms. The maximum absolute atomic E-state index is 13.2. The molecular formula is C17H17FN2. The topological polar surface area (TPSA) is 27.8 Å². The Kier molecular flexibility index (Phi) is 3.18. The maximum Gasteiger partial charge on any atom is 0.125 e. The average molecular weight is 268 g/mol. The van der Waals surface area contributed by atoms with Crippen molar-refractivity contribution in [2.24, 2.45) is 0 Å². The van der Waals surface area contributed by atoms with Crippen LogP contribution in [0.25, 0.3) is 22.0 Å². The summed E-state index contributed by atoms with van der Waals surface area (Å²) in [6.45, 7) is 5.07. The number of hydrogen-bond acceptors (Lipinski definition) is 1. The molecule has 0 fully saturated rings. The molecule has 2 N–H and O–H groups in total.